The van der Waals surface area contributed by atoms with E-state index in [0.717, 1.165) is 22.8 Å². The molecule has 5 heteroatoms. The first-order chi connectivity index (χ1) is 8.24. The van der Waals surface area contributed by atoms with E-state index < -0.39 is 0 Å². The lowest BCUT2D eigenvalue weighted by Crippen LogP contribution is -3.09. The molecule has 0 radical (unpaired) electrons. The highest BCUT2D eigenvalue weighted by Gasteiger charge is 2.18. The smallest absolute Gasteiger partial charge is 0.274 e. The van der Waals surface area contributed by atoms with E-state index in [0.29, 0.717) is 4.84 Å². The van der Waals surface area contributed by atoms with Gasteiger partial charge in [0.1, 0.15) is 0 Å². The fourth-order valence-corrected chi connectivity index (χ4v) is 2.86. The number of aromatic nitrogens is 1. The van der Waals surface area contributed by atoms with Gasteiger partial charge in [-0.2, -0.15) is 0 Å². The lowest BCUT2D eigenvalue weighted by atomic mass is 10.3. The number of rotatable bonds is 2. The van der Waals surface area contributed by atoms with Crippen molar-refractivity contribution in [1.82, 2.24) is 4.57 Å². The van der Waals surface area contributed by atoms with Crippen LogP contribution in [0.2, 0.25) is 5.02 Å². The molecule has 90 valence electrons. The van der Waals surface area contributed by atoms with Crippen LogP contribution < -0.4 is 4.90 Å². The molecule has 0 bridgehead atoms. The van der Waals surface area contributed by atoms with Crippen molar-refractivity contribution in [2.45, 2.75) is 19.5 Å². The van der Waals surface area contributed by atoms with Gasteiger partial charge in [-0.25, -0.2) is 0 Å². The third-order valence-electron chi connectivity index (χ3n) is 3.32. The molecule has 0 amide bonds. The Hall–Kier alpha value is -0.840. The zero-order valence-corrected chi connectivity index (χ0v) is 11.0. The number of nitrogens with one attached hydrogen (secondary N) is 1. The number of hydrogen-bond acceptors (Lipinski definition) is 2. The Morgan fingerprint density at radius 2 is 2.12 bits per heavy atom. The average Bonchev–Trinajstić information content (AvgIpc) is 2.90. The molecule has 0 spiro atoms. The second kappa shape index (κ2) is 4.44. The summed E-state index contributed by atoms with van der Waals surface area (Å²) in [6.45, 7) is 3.32. The molecule has 2 aromatic rings. The van der Waals surface area contributed by atoms with Crippen LogP contribution in [0.25, 0.3) is 11.1 Å². The van der Waals surface area contributed by atoms with Crippen molar-refractivity contribution in [3.63, 3.8) is 0 Å². The van der Waals surface area contributed by atoms with Gasteiger partial charge in [-0.15, -0.1) is 0 Å². The topological polar surface area (TPSA) is 22.5 Å². The number of halogens is 1. The Kier molecular flexibility index (Phi) is 2.94. The largest absolute Gasteiger partial charge is 0.429 e. The van der Waals surface area contributed by atoms with Gasteiger partial charge in [0.25, 0.3) is 4.84 Å². The van der Waals surface area contributed by atoms with Crippen LogP contribution in [0.4, 0.5) is 0 Å². The van der Waals surface area contributed by atoms with Crippen molar-refractivity contribution in [1.29, 1.82) is 0 Å². The van der Waals surface area contributed by atoms with Gasteiger partial charge < -0.3 is 9.32 Å². The molecule has 17 heavy (non-hydrogen) atoms. The summed E-state index contributed by atoms with van der Waals surface area (Å²) in [5, 5.41) is 0.721. The van der Waals surface area contributed by atoms with Crippen molar-refractivity contribution < 1.29 is 9.32 Å². The molecule has 2 heterocycles. The monoisotopic (exact) mass is 269 g/mol. The van der Waals surface area contributed by atoms with Crippen LogP contribution in [-0.2, 0) is 6.67 Å². The molecule has 3 rings (SSSR count). The first-order valence-corrected chi connectivity index (χ1v) is 6.65. The van der Waals surface area contributed by atoms with Crippen molar-refractivity contribution >= 4 is 34.9 Å². The number of benzene rings is 1. The summed E-state index contributed by atoms with van der Waals surface area (Å²) in [5.74, 6) is 0. The summed E-state index contributed by atoms with van der Waals surface area (Å²) in [7, 11) is 0. The predicted molar refractivity (Wildman–Crippen MR) is 70.0 cm³/mol. The van der Waals surface area contributed by atoms with E-state index in [9.17, 15) is 0 Å². The molecule has 1 N–H and O–H groups in total. The molecule has 0 aliphatic carbocycles. The molecule has 0 unspecified atom stereocenters. The van der Waals surface area contributed by atoms with E-state index >= 15 is 0 Å². The van der Waals surface area contributed by atoms with E-state index in [-0.39, 0.29) is 0 Å². The lowest BCUT2D eigenvalue weighted by molar-refractivity contribution is -0.910. The van der Waals surface area contributed by atoms with Gasteiger partial charge in [0.05, 0.1) is 18.6 Å². The summed E-state index contributed by atoms with van der Waals surface area (Å²) in [4.78, 5) is 2.10. The van der Waals surface area contributed by atoms with E-state index in [2.05, 4.69) is 4.57 Å². The maximum atomic E-state index is 6.02. The summed E-state index contributed by atoms with van der Waals surface area (Å²) in [6.07, 6.45) is 2.61. The Labute approximate surface area is 110 Å². The number of fused-ring (bicyclic) bond motifs is 1. The molecule has 1 saturated heterocycles. The first-order valence-electron chi connectivity index (χ1n) is 5.86. The standard InChI is InChI=1S/C12H13ClN2OS/c13-9-3-4-11-10(7-9)15(12(17)16-11)8-14-5-1-2-6-14/h3-4,7H,1-2,5-6,8H2/p+1. The fourth-order valence-electron chi connectivity index (χ4n) is 2.44. The van der Waals surface area contributed by atoms with Crippen molar-refractivity contribution in [3.05, 3.63) is 28.1 Å². The SMILES string of the molecule is S=c1oc2ccc(Cl)cc2n1C[NH+]1CCCC1. The summed E-state index contributed by atoms with van der Waals surface area (Å²) in [5.41, 5.74) is 1.82. The van der Waals surface area contributed by atoms with Crippen molar-refractivity contribution in [2.24, 2.45) is 0 Å². The Bertz CT molecular complexity index is 598. The second-order valence-corrected chi connectivity index (χ2v) is 5.31. The molecular formula is C12H14ClN2OS+. The molecular weight excluding hydrogens is 256 g/mol. The summed E-state index contributed by atoms with van der Waals surface area (Å²) >= 11 is 11.3. The second-order valence-electron chi connectivity index (χ2n) is 4.52. The number of oxazole rings is 1. The van der Waals surface area contributed by atoms with E-state index in [1.807, 2.05) is 18.2 Å². The van der Waals surface area contributed by atoms with E-state index in [1.54, 1.807) is 4.90 Å². The molecule has 1 aromatic heterocycles. The first kappa shape index (κ1) is 11.3. The minimum Gasteiger partial charge on any atom is -0.429 e. The Morgan fingerprint density at radius 3 is 2.88 bits per heavy atom. The normalized spacial score (nSPS) is 17.0. The van der Waals surface area contributed by atoms with Crippen LogP contribution in [0.5, 0.6) is 0 Å². The maximum Gasteiger partial charge on any atom is 0.274 e. The average molecular weight is 270 g/mol. The maximum absolute atomic E-state index is 6.02. The predicted octanol–water partition coefficient (Wildman–Crippen LogP) is 2.25. The molecule has 3 nitrogen and oxygen atoms in total. The zero-order valence-electron chi connectivity index (χ0n) is 9.41. The number of quaternary nitrogens is 1. The molecule has 1 aromatic carbocycles. The van der Waals surface area contributed by atoms with E-state index in [1.165, 1.54) is 25.9 Å². The Balaban J connectivity index is 2.04. The van der Waals surface area contributed by atoms with Gasteiger partial charge in [0.15, 0.2) is 12.3 Å². The highest BCUT2D eigenvalue weighted by molar-refractivity contribution is 7.71. The third kappa shape index (κ3) is 2.12. The van der Waals surface area contributed by atoms with Gasteiger partial charge in [-0.1, -0.05) is 11.6 Å². The molecule has 1 aliphatic rings. The van der Waals surface area contributed by atoms with Crippen LogP contribution in [0.15, 0.2) is 22.6 Å². The number of nitrogens with zero attached hydrogens (tertiary/aromatic N) is 1. The summed E-state index contributed by atoms with van der Waals surface area (Å²) in [6, 6.07) is 5.63. The van der Waals surface area contributed by atoms with Gasteiger partial charge in [0.2, 0.25) is 0 Å². The minimum atomic E-state index is 0.543. The molecule has 0 saturated carbocycles. The van der Waals surface area contributed by atoms with Gasteiger partial charge in [-0.3, -0.25) is 4.57 Å². The Morgan fingerprint density at radius 1 is 1.35 bits per heavy atom. The van der Waals surface area contributed by atoms with Crippen LogP contribution in [0, 0.1) is 4.84 Å². The minimum absolute atomic E-state index is 0.543. The highest BCUT2D eigenvalue weighted by atomic mass is 35.5. The van der Waals surface area contributed by atoms with Crippen molar-refractivity contribution in [3.8, 4) is 0 Å². The fraction of sp³-hybridized carbons (Fsp3) is 0.417. The molecule has 1 fully saturated rings. The van der Waals surface area contributed by atoms with Crippen LogP contribution in [-0.4, -0.2) is 17.7 Å². The highest BCUT2D eigenvalue weighted by Crippen LogP contribution is 2.21. The molecule has 1 aliphatic heterocycles. The van der Waals surface area contributed by atoms with Gasteiger partial charge in [-0.05, 0) is 30.4 Å². The lowest BCUT2D eigenvalue weighted by Gasteiger charge is -2.12. The molecule has 0 atom stereocenters. The van der Waals surface area contributed by atoms with Crippen LogP contribution in [0.1, 0.15) is 12.8 Å². The number of hydrogen-bond donors (Lipinski definition) is 1. The third-order valence-corrected chi connectivity index (χ3v) is 3.86. The van der Waals surface area contributed by atoms with Crippen LogP contribution in [0.3, 0.4) is 0 Å². The summed E-state index contributed by atoms with van der Waals surface area (Å²) < 4.78 is 7.62. The van der Waals surface area contributed by atoms with Gasteiger partial charge >= 0.3 is 0 Å². The quantitative estimate of drug-likeness (QED) is 0.845. The zero-order chi connectivity index (χ0) is 11.8. The van der Waals surface area contributed by atoms with Crippen molar-refractivity contribution in [2.75, 3.05) is 13.1 Å². The number of likely N-dealkylation sites (tertiary alicyclic amines) is 1. The van der Waals surface area contributed by atoms with Crippen LogP contribution >= 0.6 is 23.8 Å². The van der Waals surface area contributed by atoms with Gasteiger partial charge in [0, 0.05) is 17.9 Å². The van der Waals surface area contributed by atoms with E-state index in [4.69, 9.17) is 28.2 Å².